The topological polar surface area (TPSA) is 29.5 Å². The third-order valence-corrected chi connectivity index (χ3v) is 2.90. The molecule has 0 atom stereocenters. The lowest BCUT2D eigenvalue weighted by Gasteiger charge is -2.10. The van der Waals surface area contributed by atoms with Gasteiger partial charge >= 0.3 is 6.09 Å². The van der Waals surface area contributed by atoms with Crippen LogP contribution in [0.15, 0.2) is 0 Å². The van der Waals surface area contributed by atoms with Crippen LogP contribution in [0.2, 0.25) is 0 Å². The van der Waals surface area contributed by atoms with E-state index in [0.717, 1.165) is 14.8 Å². The summed E-state index contributed by atoms with van der Waals surface area (Å²) in [5.41, 5.74) is 0. The molecule has 0 unspecified atom stereocenters. The van der Waals surface area contributed by atoms with Crippen molar-refractivity contribution in [3.8, 4) is 0 Å². The summed E-state index contributed by atoms with van der Waals surface area (Å²) in [4.78, 5) is 12.4. The fourth-order valence-corrected chi connectivity index (χ4v) is 1.75. The molecule has 1 amide bonds. The quantitative estimate of drug-likeness (QED) is 0.371. The summed E-state index contributed by atoms with van der Waals surface area (Å²) in [7, 11) is 3.39. The Balaban J connectivity index is 3.18. The highest BCUT2D eigenvalue weighted by atomic mass is 127. The largest absolute Gasteiger partial charge is 0.449 e. The molecule has 0 saturated carbocycles. The van der Waals surface area contributed by atoms with Crippen LogP contribution >= 0.6 is 45.2 Å². The molecule has 0 aliphatic heterocycles. The number of carbonyl (C=O) groups excluding carboxylic acids is 1. The Bertz CT molecular complexity index is 163. The first-order chi connectivity index (χ1) is 6.54. The van der Waals surface area contributed by atoms with E-state index in [1.807, 2.05) is 0 Å². The van der Waals surface area contributed by atoms with E-state index in [-0.39, 0.29) is 6.09 Å². The monoisotopic (exact) mass is 425 g/mol. The Morgan fingerprint density at radius 1 is 1.29 bits per heavy atom. The van der Waals surface area contributed by atoms with Gasteiger partial charge < -0.3 is 9.64 Å². The van der Waals surface area contributed by atoms with Gasteiger partial charge in [0.2, 0.25) is 0 Å². The maximum Gasteiger partial charge on any atom is 0.409 e. The summed E-state index contributed by atoms with van der Waals surface area (Å²) in [6, 6.07) is 0. The van der Waals surface area contributed by atoms with Gasteiger partial charge in [-0.25, -0.2) is 4.79 Å². The minimum atomic E-state index is -0.245. The van der Waals surface area contributed by atoms with Gasteiger partial charge in [0.15, 0.2) is 0 Å². The van der Waals surface area contributed by atoms with Crippen LogP contribution in [0, 0.1) is 0 Å². The van der Waals surface area contributed by atoms with Crippen molar-refractivity contribution in [3.63, 3.8) is 0 Å². The highest BCUT2D eigenvalue weighted by Crippen LogP contribution is 2.17. The molecule has 0 N–H and O–H groups in total. The van der Waals surface area contributed by atoms with Crippen LogP contribution in [0.25, 0.3) is 0 Å². The molecule has 0 spiro atoms. The number of alkyl halides is 2. The van der Waals surface area contributed by atoms with Gasteiger partial charge in [-0.15, -0.1) is 0 Å². The number of rotatable bonds is 6. The number of amides is 1. The van der Waals surface area contributed by atoms with Crippen LogP contribution in [-0.4, -0.2) is 33.6 Å². The number of unbranched alkanes of at least 4 members (excludes halogenated alkanes) is 2. The molecule has 0 aliphatic carbocycles. The molecular formula is C9H17I2NO2. The van der Waals surface area contributed by atoms with Gasteiger partial charge in [-0.3, -0.25) is 0 Å². The molecular weight excluding hydrogens is 408 g/mol. The average Bonchev–Trinajstić information content (AvgIpc) is 2.09. The van der Waals surface area contributed by atoms with Gasteiger partial charge in [0.25, 0.3) is 0 Å². The van der Waals surface area contributed by atoms with Gasteiger partial charge in [0.05, 0.1) is 8.54 Å². The maximum absolute atomic E-state index is 11.0. The first-order valence-electron chi connectivity index (χ1n) is 4.66. The minimum Gasteiger partial charge on any atom is -0.449 e. The smallest absolute Gasteiger partial charge is 0.409 e. The van der Waals surface area contributed by atoms with Gasteiger partial charge in [-0.1, -0.05) is 51.6 Å². The number of hydrogen-bond donors (Lipinski definition) is 0. The Morgan fingerprint density at radius 2 is 1.93 bits per heavy atom. The standard InChI is InChI=1S/C9H17I2NO2/c1-12(2)9(13)14-7-5-3-4-6-8(10)11/h8H,3-7H2,1-2H3. The van der Waals surface area contributed by atoms with E-state index in [1.165, 1.54) is 17.7 Å². The van der Waals surface area contributed by atoms with Crippen molar-refractivity contribution in [3.05, 3.63) is 0 Å². The summed E-state index contributed by atoms with van der Waals surface area (Å²) in [5.74, 6) is 0. The van der Waals surface area contributed by atoms with Crippen LogP contribution in [0.5, 0.6) is 0 Å². The first kappa shape index (κ1) is 14.7. The van der Waals surface area contributed by atoms with Gasteiger partial charge in [0, 0.05) is 14.1 Å². The highest BCUT2D eigenvalue weighted by molar-refractivity contribution is 14.2. The fourth-order valence-electron chi connectivity index (χ4n) is 0.866. The van der Waals surface area contributed by atoms with E-state index in [9.17, 15) is 4.79 Å². The number of nitrogens with zero attached hydrogens (tertiary/aromatic N) is 1. The third kappa shape index (κ3) is 9.29. The molecule has 0 rings (SSSR count). The lowest BCUT2D eigenvalue weighted by molar-refractivity contribution is 0.116. The van der Waals surface area contributed by atoms with E-state index in [1.54, 1.807) is 14.1 Å². The van der Waals surface area contributed by atoms with Crippen molar-refractivity contribution >= 4 is 51.3 Å². The SMILES string of the molecule is CN(C)C(=O)OCCCCCC(I)I. The third-order valence-electron chi connectivity index (χ3n) is 1.66. The zero-order valence-corrected chi connectivity index (χ0v) is 12.9. The van der Waals surface area contributed by atoms with Crippen LogP contribution in [0.3, 0.4) is 0 Å². The fraction of sp³-hybridized carbons (Fsp3) is 0.889. The molecule has 0 saturated heterocycles. The van der Waals surface area contributed by atoms with Crippen LogP contribution in [-0.2, 0) is 4.74 Å². The predicted octanol–water partition coefficient (Wildman–Crippen LogP) is 3.44. The summed E-state index contributed by atoms with van der Waals surface area (Å²) in [6.07, 6.45) is 4.33. The van der Waals surface area contributed by atoms with E-state index < -0.39 is 0 Å². The molecule has 0 bridgehead atoms. The summed E-state index contributed by atoms with van der Waals surface area (Å²) >= 11 is 4.83. The number of carbonyl (C=O) groups is 1. The molecule has 0 aromatic carbocycles. The molecule has 3 nitrogen and oxygen atoms in total. The van der Waals surface area contributed by atoms with E-state index in [4.69, 9.17) is 4.74 Å². The summed E-state index contributed by atoms with van der Waals surface area (Å²) in [6.45, 7) is 0.546. The molecule has 0 radical (unpaired) electrons. The van der Waals surface area contributed by atoms with Gasteiger partial charge in [-0.05, 0) is 19.3 Å². The number of halogens is 2. The zero-order chi connectivity index (χ0) is 11.0. The molecule has 0 aliphatic rings. The summed E-state index contributed by atoms with van der Waals surface area (Å²) < 4.78 is 5.71. The van der Waals surface area contributed by atoms with Crippen LogP contribution in [0.4, 0.5) is 4.79 Å². The molecule has 0 fully saturated rings. The number of ether oxygens (including phenoxy) is 1. The Morgan fingerprint density at radius 3 is 2.43 bits per heavy atom. The van der Waals surface area contributed by atoms with E-state index in [2.05, 4.69) is 45.2 Å². The molecule has 5 heteroatoms. The number of hydrogen-bond acceptors (Lipinski definition) is 2. The minimum absolute atomic E-state index is 0.245. The second-order valence-corrected chi connectivity index (χ2v) is 8.64. The summed E-state index contributed by atoms with van der Waals surface area (Å²) in [5, 5.41) is 0. The van der Waals surface area contributed by atoms with Crippen molar-refractivity contribution in [1.82, 2.24) is 4.90 Å². The lowest BCUT2D eigenvalue weighted by atomic mass is 10.2. The predicted molar refractivity (Wildman–Crippen MR) is 75.3 cm³/mol. The van der Waals surface area contributed by atoms with Crippen LogP contribution < -0.4 is 0 Å². The van der Waals surface area contributed by atoms with Crippen LogP contribution in [0.1, 0.15) is 25.7 Å². The first-order valence-corrected chi connectivity index (χ1v) is 7.15. The lowest BCUT2D eigenvalue weighted by Crippen LogP contribution is -2.23. The van der Waals surface area contributed by atoms with Crippen molar-refractivity contribution in [1.29, 1.82) is 0 Å². The average molecular weight is 425 g/mol. The molecule has 84 valence electrons. The van der Waals surface area contributed by atoms with Gasteiger partial charge in [-0.2, -0.15) is 0 Å². The molecule has 0 heterocycles. The van der Waals surface area contributed by atoms with Crippen molar-refractivity contribution < 1.29 is 9.53 Å². The highest BCUT2D eigenvalue weighted by Gasteiger charge is 2.03. The van der Waals surface area contributed by atoms with Crippen molar-refractivity contribution in [2.75, 3.05) is 20.7 Å². The Labute approximate surface area is 113 Å². The van der Waals surface area contributed by atoms with E-state index >= 15 is 0 Å². The Hall–Kier alpha value is 0.730. The van der Waals surface area contributed by atoms with E-state index in [0.29, 0.717) is 6.61 Å². The molecule has 0 aromatic rings. The van der Waals surface area contributed by atoms with Crippen molar-refractivity contribution in [2.45, 2.75) is 27.6 Å². The molecule has 14 heavy (non-hydrogen) atoms. The Kier molecular flexibility index (Phi) is 9.46. The normalized spacial score (nSPS) is 10.4. The zero-order valence-electron chi connectivity index (χ0n) is 8.63. The maximum atomic E-state index is 11.0. The second kappa shape index (κ2) is 8.99. The second-order valence-electron chi connectivity index (χ2n) is 3.25. The van der Waals surface area contributed by atoms with Gasteiger partial charge in [0.1, 0.15) is 0 Å². The molecule has 0 aromatic heterocycles. The van der Waals surface area contributed by atoms with Crippen molar-refractivity contribution in [2.24, 2.45) is 0 Å².